The topological polar surface area (TPSA) is 63.1 Å². The highest BCUT2D eigenvalue weighted by Crippen LogP contribution is 2.31. The van der Waals surface area contributed by atoms with Crippen molar-refractivity contribution in [2.45, 2.75) is 19.8 Å². The zero-order valence-electron chi connectivity index (χ0n) is 11.7. The van der Waals surface area contributed by atoms with Gasteiger partial charge in [-0.15, -0.1) is 11.3 Å². The molecule has 0 spiro atoms. The molecule has 0 aliphatic rings. The SMILES string of the molecule is CC(C)c1nc(-c2ccc3ccccc3n2)sc1C(=O)O. The van der Waals surface area contributed by atoms with Gasteiger partial charge in [-0.2, -0.15) is 0 Å². The van der Waals surface area contributed by atoms with E-state index in [1.165, 1.54) is 11.3 Å². The van der Waals surface area contributed by atoms with E-state index >= 15 is 0 Å². The van der Waals surface area contributed by atoms with Crippen LogP contribution in [-0.4, -0.2) is 21.0 Å². The highest BCUT2D eigenvalue weighted by Gasteiger charge is 2.20. The van der Waals surface area contributed by atoms with Gasteiger partial charge in [0.1, 0.15) is 9.88 Å². The molecule has 21 heavy (non-hydrogen) atoms. The lowest BCUT2D eigenvalue weighted by atomic mass is 10.1. The summed E-state index contributed by atoms with van der Waals surface area (Å²) in [6.45, 7) is 3.89. The van der Waals surface area contributed by atoms with Gasteiger partial charge in [0.2, 0.25) is 0 Å². The maximum atomic E-state index is 11.3. The maximum absolute atomic E-state index is 11.3. The molecule has 3 rings (SSSR count). The van der Waals surface area contributed by atoms with Crippen molar-refractivity contribution >= 4 is 28.2 Å². The van der Waals surface area contributed by atoms with E-state index in [1.807, 2.05) is 50.2 Å². The average molecular weight is 298 g/mol. The molecule has 0 radical (unpaired) electrons. The molecule has 0 fully saturated rings. The molecule has 0 saturated heterocycles. The van der Waals surface area contributed by atoms with E-state index in [0.29, 0.717) is 21.3 Å². The van der Waals surface area contributed by atoms with Crippen molar-refractivity contribution < 1.29 is 9.90 Å². The van der Waals surface area contributed by atoms with Gasteiger partial charge in [-0.3, -0.25) is 0 Å². The maximum Gasteiger partial charge on any atom is 0.347 e. The van der Waals surface area contributed by atoms with Gasteiger partial charge in [0.25, 0.3) is 0 Å². The minimum atomic E-state index is -0.928. The number of aromatic nitrogens is 2. The Hall–Kier alpha value is -2.27. The van der Waals surface area contributed by atoms with Crippen LogP contribution in [0.25, 0.3) is 21.6 Å². The summed E-state index contributed by atoms with van der Waals surface area (Å²) >= 11 is 1.18. The first-order chi connectivity index (χ1) is 10.1. The minimum absolute atomic E-state index is 0.0709. The molecule has 3 aromatic rings. The number of rotatable bonds is 3. The first-order valence-electron chi connectivity index (χ1n) is 6.66. The van der Waals surface area contributed by atoms with E-state index in [4.69, 9.17) is 0 Å². The number of carbonyl (C=O) groups is 1. The number of nitrogens with zero attached hydrogens (tertiary/aromatic N) is 2. The van der Waals surface area contributed by atoms with Crippen molar-refractivity contribution in [3.05, 3.63) is 47.0 Å². The van der Waals surface area contributed by atoms with Crippen LogP contribution in [-0.2, 0) is 0 Å². The Morgan fingerprint density at radius 1 is 1.14 bits per heavy atom. The second-order valence-electron chi connectivity index (χ2n) is 5.08. The number of benzene rings is 1. The number of fused-ring (bicyclic) bond motifs is 1. The molecule has 0 saturated carbocycles. The molecular weight excluding hydrogens is 284 g/mol. The summed E-state index contributed by atoms with van der Waals surface area (Å²) in [5.41, 5.74) is 2.22. The zero-order valence-corrected chi connectivity index (χ0v) is 12.5. The first-order valence-corrected chi connectivity index (χ1v) is 7.48. The average Bonchev–Trinajstić information content (AvgIpc) is 2.92. The Labute approximate surface area is 126 Å². The standard InChI is InChI=1S/C16H14N2O2S/c1-9(2)13-14(16(19)20)21-15(18-13)12-8-7-10-5-3-4-6-11(10)17-12/h3-9H,1-2H3,(H,19,20). The Morgan fingerprint density at radius 3 is 2.57 bits per heavy atom. The van der Waals surface area contributed by atoms with Gasteiger partial charge >= 0.3 is 5.97 Å². The molecule has 2 aromatic heterocycles. The van der Waals surface area contributed by atoms with Crippen molar-refractivity contribution in [2.24, 2.45) is 0 Å². The van der Waals surface area contributed by atoms with Crippen molar-refractivity contribution in [1.82, 2.24) is 9.97 Å². The van der Waals surface area contributed by atoms with E-state index in [1.54, 1.807) is 0 Å². The predicted molar refractivity (Wildman–Crippen MR) is 83.9 cm³/mol. The summed E-state index contributed by atoms with van der Waals surface area (Å²) in [5, 5.41) is 11.0. The Balaban J connectivity index is 2.14. The molecule has 0 atom stereocenters. The van der Waals surface area contributed by atoms with Crippen molar-refractivity contribution in [3.63, 3.8) is 0 Å². The largest absolute Gasteiger partial charge is 0.477 e. The van der Waals surface area contributed by atoms with Crippen LogP contribution in [0.15, 0.2) is 36.4 Å². The quantitative estimate of drug-likeness (QED) is 0.788. The van der Waals surface area contributed by atoms with Crippen LogP contribution in [0.3, 0.4) is 0 Å². The van der Waals surface area contributed by atoms with Crippen LogP contribution in [0.2, 0.25) is 0 Å². The molecule has 0 unspecified atom stereocenters. The predicted octanol–water partition coefficient (Wildman–Crippen LogP) is 4.18. The van der Waals surface area contributed by atoms with Gasteiger partial charge in [0.05, 0.1) is 16.9 Å². The normalized spacial score (nSPS) is 11.2. The molecule has 1 aromatic carbocycles. The van der Waals surface area contributed by atoms with Crippen LogP contribution in [0, 0.1) is 0 Å². The number of hydrogen-bond donors (Lipinski definition) is 1. The molecule has 5 heteroatoms. The van der Waals surface area contributed by atoms with Crippen LogP contribution in [0.1, 0.15) is 35.1 Å². The number of thiazole rings is 1. The van der Waals surface area contributed by atoms with E-state index in [-0.39, 0.29) is 5.92 Å². The molecule has 2 heterocycles. The van der Waals surface area contributed by atoms with Gasteiger partial charge in [0.15, 0.2) is 0 Å². The number of aromatic carboxylic acids is 1. The van der Waals surface area contributed by atoms with Crippen molar-refractivity contribution in [3.8, 4) is 10.7 Å². The fourth-order valence-electron chi connectivity index (χ4n) is 2.17. The lowest BCUT2D eigenvalue weighted by molar-refractivity contribution is 0.0700. The van der Waals surface area contributed by atoms with E-state index in [9.17, 15) is 9.90 Å². The van der Waals surface area contributed by atoms with E-state index < -0.39 is 5.97 Å². The van der Waals surface area contributed by atoms with Crippen molar-refractivity contribution in [1.29, 1.82) is 0 Å². The highest BCUT2D eigenvalue weighted by molar-refractivity contribution is 7.17. The molecule has 0 bridgehead atoms. The Kier molecular flexibility index (Phi) is 3.43. The number of para-hydroxylation sites is 1. The summed E-state index contributed by atoms with van der Waals surface area (Å²) < 4.78 is 0. The summed E-state index contributed by atoms with van der Waals surface area (Å²) in [7, 11) is 0. The zero-order chi connectivity index (χ0) is 15.0. The summed E-state index contributed by atoms with van der Waals surface area (Å²) in [5.74, 6) is -0.857. The third kappa shape index (κ3) is 2.52. The second kappa shape index (κ2) is 5.26. The number of pyridine rings is 1. The summed E-state index contributed by atoms with van der Waals surface area (Å²) in [6.07, 6.45) is 0. The van der Waals surface area contributed by atoms with Gasteiger partial charge in [-0.25, -0.2) is 14.8 Å². The lowest BCUT2D eigenvalue weighted by Gasteiger charge is -2.01. The molecule has 0 aliphatic heterocycles. The van der Waals surface area contributed by atoms with Crippen molar-refractivity contribution in [2.75, 3.05) is 0 Å². The van der Waals surface area contributed by atoms with Crippen LogP contribution in [0.4, 0.5) is 0 Å². The van der Waals surface area contributed by atoms with Gasteiger partial charge < -0.3 is 5.11 Å². The van der Waals surface area contributed by atoms with E-state index in [2.05, 4.69) is 9.97 Å². The monoisotopic (exact) mass is 298 g/mol. The van der Waals surface area contributed by atoms with Gasteiger partial charge in [-0.05, 0) is 18.1 Å². The molecule has 106 valence electrons. The fourth-order valence-corrected chi connectivity index (χ4v) is 3.20. The Bertz CT molecular complexity index is 824. The van der Waals surface area contributed by atoms with Gasteiger partial charge in [0, 0.05) is 5.39 Å². The lowest BCUT2D eigenvalue weighted by Crippen LogP contribution is -2.00. The number of hydrogen-bond acceptors (Lipinski definition) is 4. The second-order valence-corrected chi connectivity index (χ2v) is 6.08. The molecule has 0 amide bonds. The van der Waals surface area contributed by atoms with Crippen LogP contribution in [0.5, 0.6) is 0 Å². The first kappa shape index (κ1) is 13.7. The summed E-state index contributed by atoms with van der Waals surface area (Å²) in [4.78, 5) is 20.7. The summed E-state index contributed by atoms with van der Waals surface area (Å²) in [6, 6.07) is 11.7. The van der Waals surface area contributed by atoms with E-state index in [0.717, 1.165) is 10.9 Å². The minimum Gasteiger partial charge on any atom is -0.477 e. The fraction of sp³-hybridized carbons (Fsp3) is 0.188. The number of carboxylic acids is 1. The highest BCUT2D eigenvalue weighted by atomic mass is 32.1. The third-order valence-electron chi connectivity index (χ3n) is 3.21. The smallest absolute Gasteiger partial charge is 0.347 e. The van der Waals surface area contributed by atoms with Gasteiger partial charge in [-0.1, -0.05) is 38.1 Å². The molecule has 0 aliphatic carbocycles. The Morgan fingerprint density at radius 2 is 1.90 bits per heavy atom. The number of carboxylic acid groups (broad SMARTS) is 1. The molecule has 1 N–H and O–H groups in total. The van der Waals surface area contributed by atoms with Crippen LogP contribution >= 0.6 is 11.3 Å². The molecular formula is C16H14N2O2S. The third-order valence-corrected chi connectivity index (χ3v) is 4.29. The van der Waals surface area contributed by atoms with Crippen LogP contribution < -0.4 is 0 Å². The molecule has 4 nitrogen and oxygen atoms in total.